The van der Waals surface area contributed by atoms with Gasteiger partial charge in [0.25, 0.3) is 0 Å². The molecule has 1 rings (SSSR count). The molecule has 0 bridgehead atoms. The number of hydrogen-bond donors (Lipinski definition) is 2. The molecule has 15 heavy (non-hydrogen) atoms. The molecule has 0 saturated heterocycles. The van der Waals surface area contributed by atoms with E-state index in [-0.39, 0.29) is 6.23 Å². The molecule has 1 unspecified atom stereocenters. The van der Waals surface area contributed by atoms with Crippen LogP contribution in [0.4, 0.5) is 0 Å². The molecule has 1 heterocycles. The van der Waals surface area contributed by atoms with Crippen molar-refractivity contribution in [2.24, 2.45) is 0 Å². The van der Waals surface area contributed by atoms with E-state index in [0.29, 0.717) is 0 Å². The molecule has 1 N–H and O–H groups in total. The predicted octanol–water partition coefficient (Wildman–Crippen LogP) is 2.21. The Balaban J connectivity index is 2.22. The number of thioether (sulfide) groups is 1. The summed E-state index contributed by atoms with van der Waals surface area (Å²) in [6, 6.07) is 0. The number of ether oxygens (including phenoxy) is 1. The van der Waals surface area contributed by atoms with Crippen molar-refractivity contribution in [2.45, 2.75) is 19.6 Å². The van der Waals surface area contributed by atoms with Crippen LogP contribution >= 0.6 is 24.4 Å². The van der Waals surface area contributed by atoms with Gasteiger partial charge in [-0.1, -0.05) is 6.92 Å². The molecule has 5 heteroatoms. The van der Waals surface area contributed by atoms with Gasteiger partial charge < -0.3 is 15.0 Å². The molecule has 0 aliphatic carbocycles. The molecule has 3 nitrogen and oxygen atoms in total. The lowest BCUT2D eigenvalue weighted by Crippen LogP contribution is -2.23. The summed E-state index contributed by atoms with van der Waals surface area (Å²) in [6.07, 6.45) is 4.95. The van der Waals surface area contributed by atoms with Crippen LogP contribution in [0.2, 0.25) is 0 Å². The zero-order chi connectivity index (χ0) is 11.3. The Labute approximate surface area is 101 Å². The van der Waals surface area contributed by atoms with E-state index < -0.39 is 0 Å². The fraction of sp³-hybridized carbons (Fsp3) is 0.600. The van der Waals surface area contributed by atoms with Gasteiger partial charge in [-0.15, -0.1) is 24.4 Å². The van der Waals surface area contributed by atoms with Crippen molar-refractivity contribution in [3.05, 3.63) is 22.4 Å². The first-order valence-corrected chi connectivity index (χ1v) is 6.37. The monoisotopic (exact) mass is 246 g/mol. The molecule has 0 aromatic heterocycles. The molecule has 0 saturated carbocycles. The maximum absolute atomic E-state index is 5.62. The fourth-order valence-electron chi connectivity index (χ4n) is 1.12. The molecule has 1 aliphatic heterocycles. The van der Waals surface area contributed by atoms with Crippen molar-refractivity contribution >= 4 is 24.4 Å². The average molecular weight is 246 g/mol. The molecule has 0 radical (unpaired) electrons. The molecule has 1 aliphatic rings. The van der Waals surface area contributed by atoms with E-state index in [1.54, 1.807) is 11.8 Å². The number of nitrogens with zero attached hydrogens (tertiary/aromatic N) is 1. The van der Waals surface area contributed by atoms with Gasteiger partial charge in [-0.25, -0.2) is 0 Å². The standard InChI is InChI=1S/C10H18N2OS2/c1-4-8-5-11-9(13-8)7-15-10(14)6-12(2)3/h5-6,9,11,14H,4,7H2,1-3H3/b10-6+. The van der Waals surface area contributed by atoms with Crippen LogP contribution in [-0.4, -0.2) is 31.0 Å². The number of allylic oxidation sites excluding steroid dienone is 1. The molecule has 0 fully saturated rings. The fourth-order valence-corrected chi connectivity index (χ4v) is 2.35. The molecule has 86 valence electrons. The van der Waals surface area contributed by atoms with E-state index in [9.17, 15) is 0 Å². The van der Waals surface area contributed by atoms with Gasteiger partial charge in [0.05, 0.1) is 9.99 Å². The summed E-state index contributed by atoms with van der Waals surface area (Å²) in [5.74, 6) is 1.89. The molecular weight excluding hydrogens is 228 g/mol. The summed E-state index contributed by atoms with van der Waals surface area (Å²) < 4.78 is 6.62. The number of hydrogen-bond acceptors (Lipinski definition) is 5. The van der Waals surface area contributed by atoms with E-state index in [4.69, 9.17) is 4.74 Å². The highest BCUT2D eigenvalue weighted by atomic mass is 32.2. The third-order valence-corrected chi connectivity index (χ3v) is 3.20. The quantitative estimate of drug-likeness (QED) is 0.727. The lowest BCUT2D eigenvalue weighted by molar-refractivity contribution is 0.143. The summed E-state index contributed by atoms with van der Waals surface area (Å²) >= 11 is 6.05. The first kappa shape index (κ1) is 12.6. The molecule has 0 amide bonds. The van der Waals surface area contributed by atoms with Crippen LogP contribution in [0.5, 0.6) is 0 Å². The summed E-state index contributed by atoms with van der Waals surface area (Å²) in [7, 11) is 3.97. The van der Waals surface area contributed by atoms with Crippen molar-refractivity contribution in [2.75, 3.05) is 19.8 Å². The molecule has 1 atom stereocenters. The van der Waals surface area contributed by atoms with Crippen molar-refractivity contribution in [3.8, 4) is 0 Å². The molecule has 0 spiro atoms. The lowest BCUT2D eigenvalue weighted by Gasteiger charge is -2.13. The summed E-state index contributed by atoms with van der Waals surface area (Å²) in [6.45, 7) is 2.08. The Morgan fingerprint density at radius 2 is 2.47 bits per heavy atom. The second-order valence-electron chi connectivity index (χ2n) is 3.48. The number of thiol groups is 1. The van der Waals surface area contributed by atoms with Crippen molar-refractivity contribution in [1.82, 2.24) is 10.2 Å². The zero-order valence-corrected chi connectivity index (χ0v) is 11.1. The largest absolute Gasteiger partial charge is 0.473 e. The van der Waals surface area contributed by atoms with E-state index in [1.165, 1.54) is 0 Å². The third kappa shape index (κ3) is 4.75. The number of rotatable bonds is 5. The minimum atomic E-state index is 0.0858. The van der Waals surface area contributed by atoms with Gasteiger partial charge in [-0.2, -0.15) is 0 Å². The van der Waals surface area contributed by atoms with Crippen LogP contribution in [0.3, 0.4) is 0 Å². The van der Waals surface area contributed by atoms with Crippen molar-refractivity contribution in [1.29, 1.82) is 0 Å². The summed E-state index contributed by atoms with van der Waals surface area (Å²) in [4.78, 5) is 1.98. The van der Waals surface area contributed by atoms with Crippen LogP contribution in [-0.2, 0) is 4.74 Å². The number of nitrogens with one attached hydrogen (secondary N) is 1. The second-order valence-corrected chi connectivity index (χ2v) is 5.33. The highest BCUT2D eigenvalue weighted by Crippen LogP contribution is 2.23. The van der Waals surface area contributed by atoms with Crippen LogP contribution in [0, 0.1) is 0 Å². The SMILES string of the molecule is CCC1=CNC(CS/C(S)=C/N(C)C)O1. The second kappa shape index (κ2) is 6.23. The topological polar surface area (TPSA) is 24.5 Å². The summed E-state index contributed by atoms with van der Waals surface area (Å²) in [5, 5.41) is 3.19. The van der Waals surface area contributed by atoms with Crippen LogP contribution in [0.1, 0.15) is 13.3 Å². The van der Waals surface area contributed by atoms with Gasteiger partial charge in [0, 0.05) is 32.9 Å². The molecule has 0 aromatic rings. The smallest absolute Gasteiger partial charge is 0.178 e. The van der Waals surface area contributed by atoms with Gasteiger partial charge >= 0.3 is 0 Å². The Hall–Kier alpha value is -0.420. The lowest BCUT2D eigenvalue weighted by atomic mass is 10.4. The first-order chi connectivity index (χ1) is 7.11. The Bertz CT molecular complexity index is 264. The average Bonchev–Trinajstić information content (AvgIpc) is 2.61. The van der Waals surface area contributed by atoms with E-state index in [2.05, 4.69) is 24.9 Å². The van der Waals surface area contributed by atoms with Crippen molar-refractivity contribution in [3.63, 3.8) is 0 Å². The minimum absolute atomic E-state index is 0.0858. The van der Waals surface area contributed by atoms with Gasteiger partial charge in [0.15, 0.2) is 6.23 Å². The predicted molar refractivity (Wildman–Crippen MR) is 69.6 cm³/mol. The van der Waals surface area contributed by atoms with E-state index in [1.807, 2.05) is 31.4 Å². The molecule has 0 aromatic carbocycles. The minimum Gasteiger partial charge on any atom is -0.473 e. The Morgan fingerprint density at radius 3 is 3.00 bits per heavy atom. The van der Waals surface area contributed by atoms with Crippen LogP contribution < -0.4 is 5.32 Å². The summed E-state index contributed by atoms with van der Waals surface area (Å²) in [5.41, 5.74) is 0. The van der Waals surface area contributed by atoms with E-state index in [0.717, 1.165) is 22.2 Å². The maximum Gasteiger partial charge on any atom is 0.178 e. The van der Waals surface area contributed by atoms with Gasteiger partial charge in [-0.3, -0.25) is 0 Å². The normalized spacial score (nSPS) is 20.7. The third-order valence-electron chi connectivity index (χ3n) is 1.82. The first-order valence-electron chi connectivity index (χ1n) is 4.93. The Morgan fingerprint density at radius 1 is 1.73 bits per heavy atom. The van der Waals surface area contributed by atoms with Crippen molar-refractivity contribution < 1.29 is 4.74 Å². The van der Waals surface area contributed by atoms with E-state index >= 15 is 0 Å². The zero-order valence-electron chi connectivity index (χ0n) is 9.36. The maximum atomic E-state index is 5.62. The highest BCUT2D eigenvalue weighted by molar-refractivity contribution is 8.15. The van der Waals surface area contributed by atoms with Gasteiger partial charge in [0.1, 0.15) is 5.76 Å². The highest BCUT2D eigenvalue weighted by Gasteiger charge is 2.15. The van der Waals surface area contributed by atoms with Crippen LogP contribution in [0.25, 0.3) is 0 Å². The van der Waals surface area contributed by atoms with Crippen LogP contribution in [0.15, 0.2) is 22.4 Å². The molecular formula is C10H18N2OS2. The Kier molecular flexibility index (Phi) is 5.25. The van der Waals surface area contributed by atoms with Gasteiger partial charge in [0.2, 0.25) is 0 Å². The van der Waals surface area contributed by atoms with Gasteiger partial charge in [-0.05, 0) is 0 Å².